The first-order chi connectivity index (χ1) is 15.1. The molecule has 0 bridgehead atoms. The number of fused-ring (bicyclic) bond motifs is 1. The molecule has 162 valence electrons. The van der Waals surface area contributed by atoms with Crippen molar-refractivity contribution in [1.82, 2.24) is 14.8 Å². The van der Waals surface area contributed by atoms with Crippen LogP contribution in [0.2, 0.25) is 0 Å². The number of rotatable bonds is 6. The topological polar surface area (TPSA) is 58.5 Å². The first-order valence-corrected chi connectivity index (χ1v) is 10.9. The largest absolute Gasteiger partial charge is 0.379 e. The molecule has 0 radical (unpaired) electrons. The van der Waals surface area contributed by atoms with Gasteiger partial charge in [0.15, 0.2) is 0 Å². The van der Waals surface area contributed by atoms with Crippen LogP contribution in [0.4, 0.5) is 14.9 Å². The molecule has 1 saturated carbocycles. The van der Waals surface area contributed by atoms with Crippen LogP contribution in [0.25, 0.3) is 10.9 Å². The number of halogens is 1. The molecule has 0 atom stereocenters. The van der Waals surface area contributed by atoms with Crippen molar-refractivity contribution in [1.29, 1.82) is 0 Å². The fourth-order valence-electron chi connectivity index (χ4n) is 4.31. The Hall–Kier alpha value is -2.90. The fraction of sp³-hybridized carbons (Fsp3) is 0.375. The summed E-state index contributed by atoms with van der Waals surface area (Å²) in [5.41, 5.74) is 2.47. The standard InChI is InChI=1S/C24H27FN4O2/c25-20-3-1-19(2-4-20)24(8-9-24)27-23(30)26-21-5-6-22-18(17-21)7-10-29(22)12-11-28-13-15-31-16-14-28/h1-7,10,17H,8-9,11-16H2,(H2,26,27,30). The Morgan fingerprint density at radius 1 is 1.03 bits per heavy atom. The van der Waals surface area contributed by atoms with E-state index in [9.17, 15) is 9.18 Å². The Morgan fingerprint density at radius 3 is 2.55 bits per heavy atom. The smallest absolute Gasteiger partial charge is 0.319 e. The molecule has 3 aromatic rings. The highest BCUT2D eigenvalue weighted by molar-refractivity contribution is 5.93. The van der Waals surface area contributed by atoms with Gasteiger partial charge in [-0.15, -0.1) is 0 Å². The zero-order valence-corrected chi connectivity index (χ0v) is 17.4. The van der Waals surface area contributed by atoms with Gasteiger partial charge >= 0.3 is 6.03 Å². The van der Waals surface area contributed by atoms with Crippen LogP contribution in [0, 0.1) is 5.82 Å². The SMILES string of the molecule is O=C(Nc1ccc2c(ccn2CCN2CCOCC2)c1)NC1(c2ccc(F)cc2)CC1. The Balaban J connectivity index is 1.21. The van der Waals surface area contributed by atoms with Crippen LogP contribution < -0.4 is 10.6 Å². The van der Waals surface area contributed by atoms with Crippen LogP contribution >= 0.6 is 0 Å². The van der Waals surface area contributed by atoms with Gasteiger partial charge < -0.3 is 19.9 Å². The average molecular weight is 423 g/mol. The highest BCUT2D eigenvalue weighted by atomic mass is 19.1. The molecule has 2 fully saturated rings. The lowest BCUT2D eigenvalue weighted by molar-refractivity contribution is 0.0365. The van der Waals surface area contributed by atoms with Crippen LogP contribution in [-0.4, -0.2) is 48.3 Å². The molecule has 2 heterocycles. The number of nitrogens with zero attached hydrogens (tertiary/aromatic N) is 2. The van der Waals surface area contributed by atoms with Gasteiger partial charge in [-0.2, -0.15) is 0 Å². The van der Waals surface area contributed by atoms with E-state index in [1.54, 1.807) is 12.1 Å². The second-order valence-electron chi connectivity index (χ2n) is 8.40. The van der Waals surface area contributed by atoms with E-state index in [2.05, 4.69) is 38.4 Å². The quantitative estimate of drug-likeness (QED) is 0.633. The van der Waals surface area contributed by atoms with Crippen molar-refractivity contribution in [2.75, 3.05) is 38.2 Å². The zero-order chi connectivity index (χ0) is 21.3. The number of nitrogens with one attached hydrogen (secondary N) is 2. The minimum atomic E-state index is -0.384. The van der Waals surface area contributed by atoms with Gasteiger partial charge in [0, 0.05) is 49.0 Å². The van der Waals surface area contributed by atoms with Crippen molar-refractivity contribution in [2.45, 2.75) is 24.9 Å². The van der Waals surface area contributed by atoms with E-state index in [4.69, 9.17) is 4.74 Å². The molecule has 1 saturated heterocycles. The molecule has 0 spiro atoms. The highest BCUT2D eigenvalue weighted by Crippen LogP contribution is 2.45. The zero-order valence-electron chi connectivity index (χ0n) is 17.4. The molecule has 2 aromatic carbocycles. The van der Waals surface area contributed by atoms with Gasteiger partial charge in [0.05, 0.1) is 18.8 Å². The lowest BCUT2D eigenvalue weighted by Crippen LogP contribution is -2.38. The molecule has 0 unspecified atom stereocenters. The molecule has 5 rings (SSSR count). The summed E-state index contributed by atoms with van der Waals surface area (Å²) in [6.07, 6.45) is 3.82. The first-order valence-electron chi connectivity index (χ1n) is 10.9. The van der Waals surface area contributed by atoms with Crippen LogP contribution in [0.15, 0.2) is 54.7 Å². The molecule has 6 nitrogen and oxygen atoms in total. The second-order valence-corrected chi connectivity index (χ2v) is 8.40. The number of carbonyl (C=O) groups is 1. The van der Waals surface area contributed by atoms with E-state index in [1.165, 1.54) is 12.1 Å². The predicted molar refractivity (Wildman–Crippen MR) is 119 cm³/mol. The molecule has 2 aliphatic rings. The Labute approximate surface area is 181 Å². The lowest BCUT2D eigenvalue weighted by atomic mass is 10.1. The summed E-state index contributed by atoms with van der Waals surface area (Å²) in [5.74, 6) is -0.269. The molecule has 1 aliphatic heterocycles. The van der Waals surface area contributed by atoms with Gasteiger partial charge in [-0.3, -0.25) is 4.90 Å². The van der Waals surface area contributed by atoms with Crippen molar-refractivity contribution < 1.29 is 13.9 Å². The summed E-state index contributed by atoms with van der Waals surface area (Å²) in [6, 6.07) is 14.2. The number of morpholine rings is 1. The van der Waals surface area contributed by atoms with Crippen molar-refractivity contribution >= 4 is 22.6 Å². The Morgan fingerprint density at radius 2 is 1.81 bits per heavy atom. The van der Waals surface area contributed by atoms with Gasteiger partial charge in [-0.25, -0.2) is 9.18 Å². The number of aromatic nitrogens is 1. The number of anilines is 1. The van der Waals surface area contributed by atoms with Crippen LogP contribution in [0.1, 0.15) is 18.4 Å². The third-order valence-electron chi connectivity index (χ3n) is 6.29. The van der Waals surface area contributed by atoms with Crippen molar-refractivity contribution in [3.05, 3.63) is 66.1 Å². The summed E-state index contributed by atoms with van der Waals surface area (Å²) < 4.78 is 20.9. The molecular weight excluding hydrogens is 395 g/mol. The average Bonchev–Trinajstić information content (AvgIpc) is 3.44. The third-order valence-corrected chi connectivity index (χ3v) is 6.29. The molecule has 2 amide bonds. The van der Waals surface area contributed by atoms with Gasteiger partial charge in [-0.1, -0.05) is 12.1 Å². The maximum Gasteiger partial charge on any atom is 0.319 e. The summed E-state index contributed by atoms with van der Waals surface area (Å²) in [6.45, 7) is 5.53. The monoisotopic (exact) mass is 422 g/mol. The van der Waals surface area contributed by atoms with E-state index in [0.29, 0.717) is 0 Å². The van der Waals surface area contributed by atoms with E-state index in [-0.39, 0.29) is 17.4 Å². The van der Waals surface area contributed by atoms with E-state index in [0.717, 1.165) is 74.4 Å². The third kappa shape index (κ3) is 4.43. The lowest BCUT2D eigenvalue weighted by Gasteiger charge is -2.26. The molecule has 2 N–H and O–H groups in total. The maximum atomic E-state index is 13.2. The maximum absolute atomic E-state index is 13.2. The van der Waals surface area contributed by atoms with E-state index < -0.39 is 0 Å². The van der Waals surface area contributed by atoms with Crippen LogP contribution in [0.5, 0.6) is 0 Å². The summed E-state index contributed by atoms with van der Waals surface area (Å²) in [7, 11) is 0. The van der Waals surface area contributed by atoms with Gasteiger partial charge in [-0.05, 0) is 54.8 Å². The fourth-order valence-corrected chi connectivity index (χ4v) is 4.31. The highest BCUT2D eigenvalue weighted by Gasteiger charge is 2.45. The minimum Gasteiger partial charge on any atom is -0.379 e. The molecule has 1 aliphatic carbocycles. The van der Waals surface area contributed by atoms with Crippen molar-refractivity contribution in [3.8, 4) is 0 Å². The van der Waals surface area contributed by atoms with Crippen LogP contribution in [0.3, 0.4) is 0 Å². The molecule has 7 heteroatoms. The van der Waals surface area contributed by atoms with Crippen molar-refractivity contribution in [3.63, 3.8) is 0 Å². The van der Waals surface area contributed by atoms with Crippen LogP contribution in [-0.2, 0) is 16.8 Å². The Kier molecular flexibility index (Phi) is 5.38. The number of amides is 2. The van der Waals surface area contributed by atoms with E-state index in [1.807, 2.05) is 12.1 Å². The predicted octanol–water partition coefficient (Wildman–Crippen LogP) is 3.92. The number of urea groups is 1. The van der Waals surface area contributed by atoms with Crippen molar-refractivity contribution in [2.24, 2.45) is 0 Å². The second kappa shape index (κ2) is 8.32. The van der Waals surface area contributed by atoms with Gasteiger partial charge in [0.25, 0.3) is 0 Å². The minimum absolute atomic E-state index is 0.243. The number of carbonyl (C=O) groups excluding carboxylic acids is 1. The summed E-state index contributed by atoms with van der Waals surface area (Å²) >= 11 is 0. The van der Waals surface area contributed by atoms with Gasteiger partial charge in [0.1, 0.15) is 5.82 Å². The van der Waals surface area contributed by atoms with E-state index >= 15 is 0 Å². The number of hydrogen-bond donors (Lipinski definition) is 2. The Bertz CT molecular complexity index is 1070. The first kappa shape index (κ1) is 20.0. The number of hydrogen-bond acceptors (Lipinski definition) is 3. The summed E-state index contributed by atoms with van der Waals surface area (Å²) in [4.78, 5) is 15.0. The van der Waals surface area contributed by atoms with Gasteiger partial charge in [0.2, 0.25) is 0 Å². The summed E-state index contributed by atoms with van der Waals surface area (Å²) in [5, 5.41) is 7.11. The molecule has 31 heavy (non-hydrogen) atoms. The number of ether oxygens (including phenoxy) is 1. The number of benzene rings is 2. The normalized spacial score (nSPS) is 18.1. The molecule has 1 aromatic heterocycles. The molecular formula is C24H27FN4O2.